The fourth-order valence-corrected chi connectivity index (χ4v) is 1.66. The lowest BCUT2D eigenvalue weighted by Crippen LogP contribution is -2.14. The van der Waals surface area contributed by atoms with Gasteiger partial charge in [-0.2, -0.15) is 0 Å². The van der Waals surface area contributed by atoms with Gasteiger partial charge in [-0.05, 0) is 18.2 Å². The minimum atomic E-state index is -0.0502. The maximum atomic E-state index is 8.72. The molecule has 1 heterocycles. The zero-order valence-electron chi connectivity index (χ0n) is 10.1. The summed E-state index contributed by atoms with van der Waals surface area (Å²) in [6, 6.07) is 4.83. The van der Waals surface area contributed by atoms with Crippen molar-refractivity contribution in [2.24, 2.45) is 17.9 Å². The second kappa shape index (κ2) is 5.57. The highest BCUT2D eigenvalue weighted by atomic mass is 35.5. The minimum absolute atomic E-state index is 0.0502. The second-order valence-electron chi connectivity index (χ2n) is 3.80. The first kappa shape index (κ1) is 13.2. The van der Waals surface area contributed by atoms with Gasteiger partial charge in [-0.3, -0.25) is 4.68 Å². The van der Waals surface area contributed by atoms with Gasteiger partial charge >= 0.3 is 0 Å². The van der Waals surface area contributed by atoms with Crippen LogP contribution < -0.4 is 10.5 Å². The van der Waals surface area contributed by atoms with Gasteiger partial charge in [-0.1, -0.05) is 22.0 Å². The third kappa shape index (κ3) is 3.14. The monoisotopic (exact) mass is 281 g/mol. The van der Waals surface area contributed by atoms with Crippen molar-refractivity contribution in [1.29, 1.82) is 0 Å². The van der Waals surface area contributed by atoms with Crippen LogP contribution in [0.15, 0.2) is 29.6 Å². The van der Waals surface area contributed by atoms with Gasteiger partial charge in [-0.15, -0.1) is 5.10 Å². The highest BCUT2D eigenvalue weighted by molar-refractivity contribution is 6.30. The molecule has 0 aliphatic heterocycles. The van der Waals surface area contributed by atoms with Gasteiger partial charge in [0, 0.05) is 12.1 Å². The van der Waals surface area contributed by atoms with Crippen LogP contribution in [0.4, 0.5) is 0 Å². The number of rotatable bonds is 4. The van der Waals surface area contributed by atoms with Gasteiger partial charge < -0.3 is 15.7 Å². The van der Waals surface area contributed by atoms with E-state index in [2.05, 4.69) is 15.5 Å². The standard InChI is InChI=1S/C11H12ClN5O2/c1-17-5-8(14-16-17)6-19-10-4-7(12)2-3-9(10)11(13)15-18/h2-5,18H,6H2,1H3,(H2,13,15). The fourth-order valence-electron chi connectivity index (χ4n) is 1.49. The predicted octanol–water partition coefficient (Wildman–Crippen LogP) is 1.14. The molecule has 8 heteroatoms. The maximum Gasteiger partial charge on any atom is 0.173 e. The molecule has 19 heavy (non-hydrogen) atoms. The smallest absolute Gasteiger partial charge is 0.173 e. The van der Waals surface area contributed by atoms with Gasteiger partial charge in [0.25, 0.3) is 0 Å². The second-order valence-corrected chi connectivity index (χ2v) is 4.23. The number of ether oxygens (including phenoxy) is 1. The van der Waals surface area contributed by atoms with E-state index in [-0.39, 0.29) is 12.4 Å². The summed E-state index contributed by atoms with van der Waals surface area (Å²) in [5.74, 6) is 0.360. The molecule has 7 nitrogen and oxygen atoms in total. The van der Waals surface area contributed by atoms with E-state index in [1.165, 1.54) is 0 Å². The number of nitrogens with zero attached hydrogens (tertiary/aromatic N) is 4. The number of halogens is 1. The quantitative estimate of drug-likeness (QED) is 0.379. The summed E-state index contributed by atoms with van der Waals surface area (Å²) >= 11 is 5.90. The lowest BCUT2D eigenvalue weighted by molar-refractivity contribution is 0.298. The molecule has 0 saturated heterocycles. The third-order valence-electron chi connectivity index (χ3n) is 2.35. The molecule has 2 aromatic rings. The molecule has 0 saturated carbocycles. The van der Waals surface area contributed by atoms with Crippen LogP contribution in [-0.2, 0) is 13.7 Å². The Balaban J connectivity index is 2.21. The van der Waals surface area contributed by atoms with Crippen LogP contribution in [0, 0.1) is 0 Å². The SMILES string of the molecule is Cn1cc(COc2cc(Cl)ccc2/C(N)=N/O)nn1. The van der Waals surface area contributed by atoms with E-state index in [4.69, 9.17) is 27.3 Å². The van der Waals surface area contributed by atoms with Crippen molar-refractivity contribution in [2.45, 2.75) is 6.61 Å². The number of benzene rings is 1. The Kier molecular flexibility index (Phi) is 3.86. The van der Waals surface area contributed by atoms with Gasteiger partial charge in [0.05, 0.1) is 11.8 Å². The van der Waals surface area contributed by atoms with Gasteiger partial charge in [0.15, 0.2) is 5.84 Å². The number of oxime groups is 1. The number of aryl methyl sites for hydroxylation is 1. The summed E-state index contributed by atoms with van der Waals surface area (Å²) in [5, 5.41) is 19.8. The van der Waals surface area contributed by atoms with Crippen LogP contribution in [0.5, 0.6) is 5.75 Å². The van der Waals surface area contributed by atoms with Crippen molar-refractivity contribution in [3.8, 4) is 5.75 Å². The summed E-state index contributed by atoms with van der Waals surface area (Å²) < 4.78 is 7.14. The van der Waals surface area contributed by atoms with Gasteiger partial charge in [0.1, 0.15) is 18.1 Å². The van der Waals surface area contributed by atoms with Crippen molar-refractivity contribution in [3.63, 3.8) is 0 Å². The molecular weight excluding hydrogens is 270 g/mol. The molecule has 0 fully saturated rings. The molecule has 0 aliphatic carbocycles. The summed E-state index contributed by atoms with van der Waals surface area (Å²) in [6.45, 7) is 0.208. The molecule has 100 valence electrons. The average Bonchev–Trinajstić information content (AvgIpc) is 2.81. The number of nitrogens with two attached hydrogens (primary N) is 1. The molecule has 0 atom stereocenters. The average molecular weight is 282 g/mol. The van der Waals surface area contributed by atoms with Crippen molar-refractivity contribution >= 4 is 17.4 Å². The van der Waals surface area contributed by atoms with Crippen LogP contribution >= 0.6 is 11.6 Å². The Bertz CT molecular complexity index is 611. The van der Waals surface area contributed by atoms with E-state index in [0.29, 0.717) is 22.0 Å². The lowest BCUT2D eigenvalue weighted by Gasteiger charge is -2.09. The van der Waals surface area contributed by atoms with E-state index in [0.717, 1.165) is 0 Å². The van der Waals surface area contributed by atoms with Crippen LogP contribution in [0.3, 0.4) is 0 Å². The maximum absolute atomic E-state index is 8.72. The molecule has 0 unspecified atom stereocenters. The van der Waals surface area contributed by atoms with Crippen molar-refractivity contribution in [2.75, 3.05) is 0 Å². The molecule has 1 aromatic carbocycles. The van der Waals surface area contributed by atoms with Crippen LogP contribution in [-0.4, -0.2) is 26.0 Å². The Morgan fingerprint density at radius 1 is 1.58 bits per heavy atom. The van der Waals surface area contributed by atoms with Gasteiger partial charge in [-0.25, -0.2) is 0 Å². The van der Waals surface area contributed by atoms with Crippen molar-refractivity contribution < 1.29 is 9.94 Å². The van der Waals surface area contributed by atoms with Crippen molar-refractivity contribution in [1.82, 2.24) is 15.0 Å². The molecule has 0 aliphatic rings. The van der Waals surface area contributed by atoms with Gasteiger partial charge in [0.2, 0.25) is 0 Å². The number of aromatic nitrogens is 3. The van der Waals surface area contributed by atoms with Crippen LogP contribution in [0.1, 0.15) is 11.3 Å². The molecule has 2 rings (SSSR count). The largest absolute Gasteiger partial charge is 0.486 e. The zero-order chi connectivity index (χ0) is 13.8. The molecule has 0 bridgehead atoms. The number of hydrogen-bond acceptors (Lipinski definition) is 5. The topological polar surface area (TPSA) is 98.5 Å². The van der Waals surface area contributed by atoms with E-state index >= 15 is 0 Å². The molecule has 1 aromatic heterocycles. The molecule has 0 spiro atoms. The van der Waals surface area contributed by atoms with E-state index in [9.17, 15) is 0 Å². The molecule has 0 radical (unpaired) electrons. The highest BCUT2D eigenvalue weighted by Crippen LogP contribution is 2.24. The first-order valence-electron chi connectivity index (χ1n) is 5.35. The molecule has 0 amide bonds. The summed E-state index contributed by atoms with van der Waals surface area (Å²) in [6.07, 6.45) is 1.73. The Labute approximate surface area is 114 Å². The summed E-state index contributed by atoms with van der Waals surface area (Å²) in [5.41, 5.74) is 6.68. The van der Waals surface area contributed by atoms with E-state index in [1.807, 2.05) is 0 Å². The first-order valence-corrected chi connectivity index (χ1v) is 5.73. The Morgan fingerprint density at radius 3 is 3.00 bits per heavy atom. The Morgan fingerprint density at radius 2 is 2.37 bits per heavy atom. The predicted molar refractivity (Wildman–Crippen MR) is 69.3 cm³/mol. The van der Waals surface area contributed by atoms with Crippen LogP contribution in [0.25, 0.3) is 0 Å². The normalized spacial score (nSPS) is 11.6. The Hall–Kier alpha value is -2.28. The third-order valence-corrected chi connectivity index (χ3v) is 2.59. The van der Waals surface area contributed by atoms with Crippen LogP contribution in [0.2, 0.25) is 5.02 Å². The van der Waals surface area contributed by atoms with Crippen molar-refractivity contribution in [3.05, 3.63) is 40.7 Å². The first-order chi connectivity index (χ1) is 9.10. The minimum Gasteiger partial charge on any atom is -0.486 e. The number of amidine groups is 1. The van der Waals surface area contributed by atoms with E-state index in [1.54, 1.807) is 36.1 Å². The lowest BCUT2D eigenvalue weighted by atomic mass is 10.2. The molecule has 3 N–H and O–H groups in total. The zero-order valence-corrected chi connectivity index (χ0v) is 10.9. The van der Waals surface area contributed by atoms with E-state index < -0.39 is 0 Å². The number of hydrogen-bond donors (Lipinski definition) is 2. The molecular formula is C11H12ClN5O2. The summed E-state index contributed by atoms with van der Waals surface area (Å²) in [7, 11) is 1.76. The summed E-state index contributed by atoms with van der Waals surface area (Å²) in [4.78, 5) is 0. The fraction of sp³-hybridized carbons (Fsp3) is 0.182. The highest BCUT2D eigenvalue weighted by Gasteiger charge is 2.10.